The molecule has 5 nitrogen and oxygen atoms in total. The molecule has 1 fully saturated rings. The quantitative estimate of drug-likeness (QED) is 0.894. The summed E-state index contributed by atoms with van der Waals surface area (Å²) in [5.41, 5.74) is 1.49. The molecular weight excluding hydrogens is 346 g/mol. The lowest BCUT2D eigenvalue weighted by atomic mass is 10.1. The van der Waals surface area contributed by atoms with Crippen molar-refractivity contribution in [1.82, 2.24) is 9.88 Å². The van der Waals surface area contributed by atoms with E-state index in [9.17, 15) is 9.59 Å². The van der Waals surface area contributed by atoms with Gasteiger partial charge in [0.1, 0.15) is 0 Å². The van der Waals surface area contributed by atoms with Crippen molar-refractivity contribution in [3.05, 3.63) is 46.5 Å². The van der Waals surface area contributed by atoms with Gasteiger partial charge >= 0.3 is 0 Å². The van der Waals surface area contributed by atoms with Crippen LogP contribution in [0.2, 0.25) is 0 Å². The average Bonchev–Trinajstić information content (AvgIpc) is 3.10. The molecule has 1 aromatic heterocycles. The first kappa shape index (κ1) is 17.2. The number of benzene rings is 1. The fourth-order valence-corrected chi connectivity index (χ4v) is 4.82. The molecule has 1 aromatic carbocycles. The molecule has 4 rings (SSSR count). The molecule has 1 N–H and O–H groups in total. The van der Waals surface area contributed by atoms with Gasteiger partial charge in [0.05, 0.1) is 11.6 Å². The first-order chi connectivity index (χ1) is 12.7. The molecule has 2 aromatic rings. The summed E-state index contributed by atoms with van der Waals surface area (Å²) < 4.78 is 0. The number of likely N-dealkylation sites (tertiary alicyclic amines) is 1. The maximum atomic E-state index is 13.0. The summed E-state index contributed by atoms with van der Waals surface area (Å²) in [6, 6.07) is 9.12. The Morgan fingerprint density at radius 2 is 1.81 bits per heavy atom. The van der Waals surface area contributed by atoms with Crippen LogP contribution in [-0.2, 0) is 11.2 Å². The molecule has 6 heteroatoms. The minimum atomic E-state index is -0.159. The lowest BCUT2D eigenvalue weighted by Crippen LogP contribution is -2.35. The number of amides is 2. The topological polar surface area (TPSA) is 62.3 Å². The van der Waals surface area contributed by atoms with Gasteiger partial charge in [0, 0.05) is 23.5 Å². The number of anilines is 1. The number of nitrogens with one attached hydrogen (secondary N) is 1. The standard InChI is InChI=1S/C20H23N3O2S/c24-18(14-8-4-3-5-9-14)22-20-21-17-15(10-11-16(17)26-20)19(25)23-12-6-1-2-7-13-23/h3-5,8-9,15H,1-2,6-7,10-13H2,(H,21,22,24). The number of aromatic nitrogens is 1. The van der Waals surface area contributed by atoms with Crippen LogP contribution in [0.1, 0.15) is 59.0 Å². The zero-order chi connectivity index (χ0) is 17.9. The minimum absolute atomic E-state index is 0.137. The van der Waals surface area contributed by atoms with Crippen molar-refractivity contribution in [1.29, 1.82) is 0 Å². The second kappa shape index (κ2) is 7.58. The highest BCUT2D eigenvalue weighted by molar-refractivity contribution is 7.16. The van der Waals surface area contributed by atoms with Crippen LogP contribution >= 0.6 is 11.3 Å². The number of fused-ring (bicyclic) bond motifs is 1. The number of rotatable bonds is 3. The summed E-state index contributed by atoms with van der Waals surface area (Å²) in [5.74, 6) is -0.0768. The van der Waals surface area contributed by atoms with Crippen molar-refractivity contribution >= 4 is 28.3 Å². The van der Waals surface area contributed by atoms with Gasteiger partial charge in [0.25, 0.3) is 5.91 Å². The Bertz CT molecular complexity index is 795. The number of nitrogens with zero attached hydrogens (tertiary/aromatic N) is 2. The van der Waals surface area contributed by atoms with Gasteiger partial charge in [-0.2, -0.15) is 0 Å². The Hall–Kier alpha value is -2.21. The summed E-state index contributed by atoms with van der Waals surface area (Å²) in [7, 11) is 0. The Morgan fingerprint density at radius 3 is 2.54 bits per heavy atom. The minimum Gasteiger partial charge on any atom is -0.342 e. The molecule has 0 saturated carbocycles. The van der Waals surface area contributed by atoms with E-state index in [2.05, 4.69) is 10.3 Å². The van der Waals surface area contributed by atoms with E-state index >= 15 is 0 Å². The second-order valence-electron chi connectivity index (χ2n) is 6.98. The van der Waals surface area contributed by atoms with Gasteiger partial charge in [-0.3, -0.25) is 14.9 Å². The first-order valence-corrected chi connectivity index (χ1v) is 10.2. The largest absolute Gasteiger partial charge is 0.342 e. The number of carbonyl (C=O) groups excluding carboxylic acids is 2. The number of carbonyl (C=O) groups is 2. The fourth-order valence-electron chi connectivity index (χ4n) is 3.79. The molecule has 1 saturated heterocycles. The van der Waals surface area contributed by atoms with E-state index in [-0.39, 0.29) is 17.7 Å². The number of hydrogen-bond acceptors (Lipinski definition) is 4. The van der Waals surface area contributed by atoms with Gasteiger partial charge in [-0.25, -0.2) is 4.98 Å². The van der Waals surface area contributed by atoms with Crippen molar-refractivity contribution in [2.75, 3.05) is 18.4 Å². The van der Waals surface area contributed by atoms with Crippen LogP contribution in [0.3, 0.4) is 0 Å². The highest BCUT2D eigenvalue weighted by atomic mass is 32.1. The summed E-state index contributed by atoms with van der Waals surface area (Å²) in [6.07, 6.45) is 6.34. The molecule has 2 amide bonds. The fraction of sp³-hybridized carbons (Fsp3) is 0.450. The first-order valence-electron chi connectivity index (χ1n) is 9.37. The normalized spacial score (nSPS) is 19.7. The Labute approximate surface area is 157 Å². The van der Waals surface area contributed by atoms with Crippen LogP contribution in [0.5, 0.6) is 0 Å². The van der Waals surface area contributed by atoms with E-state index in [4.69, 9.17) is 0 Å². The van der Waals surface area contributed by atoms with E-state index in [1.54, 1.807) is 12.1 Å². The third-order valence-electron chi connectivity index (χ3n) is 5.19. The van der Waals surface area contributed by atoms with Crippen LogP contribution in [0.4, 0.5) is 5.13 Å². The Morgan fingerprint density at radius 1 is 1.08 bits per heavy atom. The van der Waals surface area contributed by atoms with Gasteiger partial charge < -0.3 is 4.90 Å². The average molecular weight is 369 g/mol. The molecule has 2 aliphatic rings. The van der Waals surface area contributed by atoms with Gasteiger partial charge in [0.15, 0.2) is 5.13 Å². The third kappa shape index (κ3) is 3.51. The maximum Gasteiger partial charge on any atom is 0.257 e. The van der Waals surface area contributed by atoms with Crippen LogP contribution in [0.15, 0.2) is 30.3 Å². The highest BCUT2D eigenvalue weighted by Gasteiger charge is 2.35. The van der Waals surface area contributed by atoms with Crippen LogP contribution in [-0.4, -0.2) is 34.8 Å². The van der Waals surface area contributed by atoms with Crippen molar-refractivity contribution < 1.29 is 9.59 Å². The molecule has 0 bridgehead atoms. The smallest absolute Gasteiger partial charge is 0.257 e. The molecule has 1 aliphatic carbocycles. The highest BCUT2D eigenvalue weighted by Crippen LogP contribution is 2.39. The molecular formula is C20H23N3O2S. The molecule has 2 heterocycles. The van der Waals surface area contributed by atoms with E-state index in [0.29, 0.717) is 10.7 Å². The van der Waals surface area contributed by atoms with Crippen molar-refractivity contribution in [2.45, 2.75) is 44.4 Å². The molecule has 1 unspecified atom stereocenters. The van der Waals surface area contributed by atoms with Crippen molar-refractivity contribution in [2.24, 2.45) is 0 Å². The molecule has 26 heavy (non-hydrogen) atoms. The third-order valence-corrected chi connectivity index (χ3v) is 6.24. The van der Waals surface area contributed by atoms with Crippen LogP contribution in [0, 0.1) is 0 Å². The van der Waals surface area contributed by atoms with E-state index < -0.39 is 0 Å². The van der Waals surface area contributed by atoms with Crippen LogP contribution in [0.25, 0.3) is 0 Å². The van der Waals surface area contributed by atoms with Gasteiger partial charge in [-0.05, 0) is 37.8 Å². The number of thiazole rings is 1. The molecule has 0 spiro atoms. The predicted molar refractivity (Wildman–Crippen MR) is 103 cm³/mol. The van der Waals surface area contributed by atoms with Gasteiger partial charge in [0.2, 0.25) is 5.91 Å². The second-order valence-corrected chi connectivity index (χ2v) is 8.06. The Kier molecular flexibility index (Phi) is 5.02. The van der Waals surface area contributed by atoms with E-state index in [1.165, 1.54) is 24.2 Å². The number of hydrogen-bond donors (Lipinski definition) is 1. The molecule has 1 aliphatic heterocycles. The van der Waals surface area contributed by atoms with Crippen molar-refractivity contribution in [3.8, 4) is 0 Å². The van der Waals surface area contributed by atoms with E-state index in [0.717, 1.165) is 49.3 Å². The zero-order valence-corrected chi connectivity index (χ0v) is 15.6. The predicted octanol–water partition coefficient (Wildman–Crippen LogP) is 3.83. The van der Waals surface area contributed by atoms with Crippen LogP contribution < -0.4 is 5.32 Å². The van der Waals surface area contributed by atoms with Gasteiger partial charge in [-0.1, -0.05) is 31.0 Å². The number of aryl methyl sites for hydroxylation is 1. The molecule has 1 atom stereocenters. The summed E-state index contributed by atoms with van der Waals surface area (Å²) in [4.78, 5) is 33.1. The summed E-state index contributed by atoms with van der Waals surface area (Å²) >= 11 is 1.50. The zero-order valence-electron chi connectivity index (χ0n) is 14.7. The SMILES string of the molecule is O=C(Nc1nc2c(s1)CCC2C(=O)N1CCCCCC1)c1ccccc1. The van der Waals surface area contributed by atoms with E-state index in [1.807, 2.05) is 23.1 Å². The summed E-state index contributed by atoms with van der Waals surface area (Å²) in [5, 5.41) is 3.47. The maximum absolute atomic E-state index is 13.0. The Balaban J connectivity index is 1.47. The van der Waals surface area contributed by atoms with Crippen molar-refractivity contribution in [3.63, 3.8) is 0 Å². The molecule has 136 valence electrons. The van der Waals surface area contributed by atoms with Gasteiger partial charge in [-0.15, -0.1) is 11.3 Å². The lowest BCUT2D eigenvalue weighted by molar-refractivity contribution is -0.132. The summed E-state index contributed by atoms with van der Waals surface area (Å²) in [6.45, 7) is 1.73. The molecule has 0 radical (unpaired) electrons. The lowest BCUT2D eigenvalue weighted by Gasteiger charge is -2.23. The monoisotopic (exact) mass is 369 g/mol.